The summed E-state index contributed by atoms with van der Waals surface area (Å²) in [4.78, 5) is 10.7. The number of hydrogen-bond acceptors (Lipinski definition) is 3. The van der Waals surface area contributed by atoms with Crippen LogP contribution in [0.2, 0.25) is 0 Å². The lowest BCUT2D eigenvalue weighted by molar-refractivity contribution is -0.137. The van der Waals surface area contributed by atoms with Crippen LogP contribution in [0, 0.1) is 12.8 Å². The predicted octanol–water partition coefficient (Wildman–Crippen LogP) is 3.81. The molecular formula is C20H27NO4S. The van der Waals surface area contributed by atoms with E-state index < -0.39 is 16.0 Å². The van der Waals surface area contributed by atoms with E-state index in [9.17, 15) is 13.2 Å². The maximum atomic E-state index is 12.4. The van der Waals surface area contributed by atoms with Crippen molar-refractivity contribution in [3.05, 3.63) is 54.1 Å². The molecule has 1 saturated carbocycles. The molecule has 1 fully saturated rings. The zero-order valence-electron chi connectivity index (χ0n) is 15.1. The van der Waals surface area contributed by atoms with Gasteiger partial charge in [-0.15, -0.1) is 0 Å². The average molecular weight is 378 g/mol. The molecule has 0 amide bonds. The molecule has 1 aromatic rings. The van der Waals surface area contributed by atoms with Gasteiger partial charge in [0.25, 0.3) is 0 Å². The van der Waals surface area contributed by atoms with Gasteiger partial charge in [0.1, 0.15) is 0 Å². The van der Waals surface area contributed by atoms with Gasteiger partial charge in [-0.1, -0.05) is 42.0 Å². The molecule has 2 atom stereocenters. The number of unbranched alkanes of at least 4 members (excludes halogenated alkanes) is 1. The summed E-state index contributed by atoms with van der Waals surface area (Å²) < 4.78 is 27.7. The number of aliphatic carboxylic acids is 1. The lowest BCUT2D eigenvalue weighted by Crippen LogP contribution is -2.32. The normalized spacial score (nSPS) is 21.0. The van der Waals surface area contributed by atoms with Crippen LogP contribution in [-0.2, 0) is 14.8 Å². The Morgan fingerprint density at radius 3 is 2.65 bits per heavy atom. The molecule has 142 valence electrons. The fourth-order valence-electron chi connectivity index (χ4n) is 3.07. The number of carbonyl (C=O) groups is 1. The Hall–Kier alpha value is -1.92. The first-order chi connectivity index (χ1) is 12.4. The molecule has 0 saturated heterocycles. The van der Waals surface area contributed by atoms with Crippen LogP contribution < -0.4 is 4.72 Å². The molecule has 2 unspecified atom stereocenters. The van der Waals surface area contributed by atoms with E-state index in [0.29, 0.717) is 17.2 Å². The Morgan fingerprint density at radius 1 is 1.23 bits per heavy atom. The van der Waals surface area contributed by atoms with E-state index in [1.54, 1.807) is 24.3 Å². The summed E-state index contributed by atoms with van der Waals surface area (Å²) in [6, 6.07) is 6.85. The van der Waals surface area contributed by atoms with E-state index in [1.165, 1.54) is 0 Å². The van der Waals surface area contributed by atoms with Crippen molar-refractivity contribution in [3.63, 3.8) is 0 Å². The molecule has 0 radical (unpaired) electrons. The number of sulfonamides is 1. The highest BCUT2D eigenvalue weighted by atomic mass is 32.2. The van der Waals surface area contributed by atoms with Crippen molar-refractivity contribution in [2.24, 2.45) is 5.92 Å². The Morgan fingerprint density at radius 2 is 1.96 bits per heavy atom. The maximum Gasteiger partial charge on any atom is 0.303 e. The molecule has 1 aliphatic carbocycles. The second-order valence-corrected chi connectivity index (χ2v) is 8.52. The second-order valence-electron chi connectivity index (χ2n) is 6.80. The summed E-state index contributed by atoms with van der Waals surface area (Å²) >= 11 is 0. The standard InChI is InChI=1S/C20H27NO4S/c1-16-9-13-19(14-10-16)26(24,25)21-18-12-11-17(15-18)7-5-3-2-4-6-8-20(22)23/h2-3,5,7,9-10,13-14,17-18,21H,4,6,8,11-12,15H2,1H3,(H,22,23)/b3-2-,7-5+. The molecule has 0 aliphatic heterocycles. The van der Waals surface area contributed by atoms with Gasteiger partial charge in [-0.2, -0.15) is 0 Å². The third-order valence-corrected chi connectivity index (χ3v) is 6.05. The van der Waals surface area contributed by atoms with Crippen molar-refractivity contribution < 1.29 is 18.3 Å². The van der Waals surface area contributed by atoms with Gasteiger partial charge in [0.15, 0.2) is 0 Å². The van der Waals surface area contributed by atoms with Crippen molar-refractivity contribution in [1.82, 2.24) is 4.72 Å². The van der Waals surface area contributed by atoms with Gasteiger partial charge in [-0.05, 0) is 57.1 Å². The summed E-state index contributed by atoms with van der Waals surface area (Å²) in [7, 11) is -3.46. The SMILES string of the molecule is Cc1ccc(S(=O)(=O)NC2CCC(/C=C/C=C\CCCC(=O)O)C2)cc1. The number of allylic oxidation sites excluding steroid dienone is 4. The van der Waals surface area contributed by atoms with Crippen molar-refractivity contribution in [1.29, 1.82) is 0 Å². The Bertz CT molecular complexity index is 751. The molecule has 6 heteroatoms. The van der Waals surface area contributed by atoms with Crippen LogP contribution in [-0.4, -0.2) is 25.5 Å². The monoisotopic (exact) mass is 377 g/mol. The fourth-order valence-corrected chi connectivity index (χ4v) is 4.35. The Kier molecular flexibility index (Phi) is 7.60. The van der Waals surface area contributed by atoms with Crippen molar-refractivity contribution in [3.8, 4) is 0 Å². The third-order valence-electron chi connectivity index (χ3n) is 4.52. The topological polar surface area (TPSA) is 83.5 Å². The minimum absolute atomic E-state index is 0.0319. The molecule has 0 heterocycles. The molecule has 0 spiro atoms. The number of carboxylic acid groups (broad SMARTS) is 1. The molecule has 0 bridgehead atoms. The minimum Gasteiger partial charge on any atom is -0.481 e. The largest absolute Gasteiger partial charge is 0.481 e. The molecule has 1 aliphatic rings. The number of nitrogens with one attached hydrogen (secondary N) is 1. The van der Waals surface area contributed by atoms with Crippen LogP contribution >= 0.6 is 0 Å². The number of aryl methyl sites for hydroxylation is 1. The first-order valence-corrected chi connectivity index (χ1v) is 10.5. The average Bonchev–Trinajstić information content (AvgIpc) is 3.00. The summed E-state index contributed by atoms with van der Waals surface area (Å²) in [6.45, 7) is 1.93. The van der Waals surface area contributed by atoms with Crippen LogP contribution in [0.25, 0.3) is 0 Å². The number of benzene rings is 1. The Balaban J connectivity index is 1.77. The first-order valence-electron chi connectivity index (χ1n) is 9.01. The minimum atomic E-state index is -3.46. The second kappa shape index (κ2) is 9.69. The summed E-state index contributed by atoms with van der Waals surface area (Å²) in [5, 5.41) is 8.56. The Labute approximate surface area is 155 Å². The lowest BCUT2D eigenvalue weighted by Gasteiger charge is -2.13. The molecular weight excluding hydrogens is 350 g/mol. The maximum absolute atomic E-state index is 12.4. The van der Waals surface area contributed by atoms with E-state index in [-0.39, 0.29) is 12.5 Å². The lowest BCUT2D eigenvalue weighted by atomic mass is 10.1. The fraction of sp³-hybridized carbons (Fsp3) is 0.450. The molecule has 26 heavy (non-hydrogen) atoms. The predicted molar refractivity (Wildman–Crippen MR) is 102 cm³/mol. The van der Waals surface area contributed by atoms with Crippen molar-refractivity contribution in [2.75, 3.05) is 0 Å². The molecule has 2 N–H and O–H groups in total. The molecule has 1 aromatic carbocycles. The summed E-state index contributed by atoms with van der Waals surface area (Å²) in [5.41, 5.74) is 1.03. The quantitative estimate of drug-likeness (QED) is 0.506. The van der Waals surface area contributed by atoms with Gasteiger partial charge in [-0.3, -0.25) is 4.79 Å². The smallest absolute Gasteiger partial charge is 0.303 e. The third kappa shape index (κ3) is 6.77. The van der Waals surface area contributed by atoms with E-state index in [2.05, 4.69) is 10.8 Å². The van der Waals surface area contributed by atoms with E-state index in [4.69, 9.17) is 5.11 Å². The zero-order chi connectivity index (χ0) is 19.0. The first kappa shape index (κ1) is 20.4. The van der Waals surface area contributed by atoms with Crippen molar-refractivity contribution in [2.45, 2.75) is 56.4 Å². The van der Waals surface area contributed by atoms with E-state index in [0.717, 1.165) is 31.2 Å². The zero-order valence-corrected chi connectivity index (χ0v) is 15.9. The molecule has 5 nitrogen and oxygen atoms in total. The van der Waals surface area contributed by atoms with Gasteiger partial charge < -0.3 is 5.11 Å². The van der Waals surface area contributed by atoms with Gasteiger partial charge in [-0.25, -0.2) is 13.1 Å². The molecule has 0 aromatic heterocycles. The highest BCUT2D eigenvalue weighted by Gasteiger charge is 2.27. The van der Waals surface area contributed by atoms with E-state index >= 15 is 0 Å². The van der Waals surface area contributed by atoms with Gasteiger partial charge >= 0.3 is 5.97 Å². The van der Waals surface area contributed by atoms with Gasteiger partial charge in [0.2, 0.25) is 10.0 Å². The highest BCUT2D eigenvalue weighted by Crippen LogP contribution is 2.28. The highest BCUT2D eigenvalue weighted by molar-refractivity contribution is 7.89. The van der Waals surface area contributed by atoms with Crippen LogP contribution in [0.5, 0.6) is 0 Å². The van der Waals surface area contributed by atoms with Crippen LogP contribution in [0.1, 0.15) is 44.1 Å². The van der Waals surface area contributed by atoms with Gasteiger partial charge in [0.05, 0.1) is 4.90 Å². The molecule has 2 rings (SSSR count). The number of carboxylic acids is 1. The van der Waals surface area contributed by atoms with Crippen molar-refractivity contribution >= 4 is 16.0 Å². The van der Waals surface area contributed by atoms with Crippen LogP contribution in [0.3, 0.4) is 0 Å². The summed E-state index contributed by atoms with van der Waals surface area (Å²) in [5.74, 6) is -0.400. The summed E-state index contributed by atoms with van der Waals surface area (Å²) in [6.07, 6.45) is 12.2. The number of rotatable bonds is 9. The van der Waals surface area contributed by atoms with Crippen LogP contribution in [0.15, 0.2) is 53.5 Å². The van der Waals surface area contributed by atoms with E-state index in [1.807, 2.05) is 25.2 Å². The number of hydrogen-bond donors (Lipinski definition) is 2. The van der Waals surface area contributed by atoms with Crippen LogP contribution in [0.4, 0.5) is 0 Å². The van der Waals surface area contributed by atoms with Gasteiger partial charge in [0, 0.05) is 12.5 Å².